The van der Waals surface area contributed by atoms with E-state index in [1.807, 2.05) is 63.3 Å². The zero-order chi connectivity index (χ0) is 31.7. The second-order valence-electron chi connectivity index (χ2n) is 11.2. The number of rotatable bonds is 7. The first-order chi connectivity index (χ1) is 21.1. The summed E-state index contributed by atoms with van der Waals surface area (Å²) in [4.78, 5) is 13.7. The van der Waals surface area contributed by atoms with E-state index >= 15 is 0 Å². The van der Waals surface area contributed by atoms with Crippen LogP contribution in [0.15, 0.2) is 54.6 Å². The number of fused-ring (bicyclic) bond motifs is 2. The number of carbonyl (C=O) groups excluding carboxylic acids is 1. The first-order valence-electron chi connectivity index (χ1n) is 14.7. The zero-order valence-corrected chi connectivity index (χ0v) is 26.2. The van der Waals surface area contributed by atoms with Crippen LogP contribution in [0, 0.1) is 17.8 Å². The molecule has 0 spiro atoms. The highest BCUT2D eigenvalue weighted by Crippen LogP contribution is 2.34. The van der Waals surface area contributed by atoms with Gasteiger partial charge >= 0.3 is 5.97 Å². The number of ether oxygens (including phenoxy) is 7. The highest BCUT2D eigenvalue weighted by atomic mass is 16.8. The lowest BCUT2D eigenvalue weighted by atomic mass is 9.96. The average Bonchev–Trinajstić information content (AvgIpc) is 3.32. The summed E-state index contributed by atoms with van der Waals surface area (Å²) in [5.74, 6) is 5.70. The van der Waals surface area contributed by atoms with Crippen molar-refractivity contribution in [1.29, 1.82) is 0 Å². The molecule has 5 atom stereocenters. The summed E-state index contributed by atoms with van der Waals surface area (Å²) in [5, 5.41) is 10.9. The number of hydrogen-bond acceptors (Lipinski definition) is 9. The van der Waals surface area contributed by atoms with Crippen LogP contribution in [0.4, 0.5) is 0 Å². The van der Waals surface area contributed by atoms with Gasteiger partial charge in [0.25, 0.3) is 0 Å². The maximum atomic E-state index is 13.7. The summed E-state index contributed by atoms with van der Waals surface area (Å²) >= 11 is 0. The average molecular weight is 607 g/mol. The van der Waals surface area contributed by atoms with Crippen LogP contribution < -0.4 is 9.47 Å². The van der Waals surface area contributed by atoms with E-state index in [-0.39, 0.29) is 24.9 Å². The molecule has 1 fully saturated rings. The van der Waals surface area contributed by atoms with Crippen LogP contribution in [0.2, 0.25) is 0 Å². The number of esters is 1. The van der Waals surface area contributed by atoms with E-state index in [0.29, 0.717) is 29.9 Å². The van der Waals surface area contributed by atoms with Crippen LogP contribution in [0.1, 0.15) is 61.2 Å². The molecule has 2 aliphatic rings. The lowest BCUT2D eigenvalue weighted by Crippen LogP contribution is -2.34. The van der Waals surface area contributed by atoms with Gasteiger partial charge in [-0.1, -0.05) is 55.2 Å². The number of hydrogen-bond donors (Lipinski definition) is 1. The minimum absolute atomic E-state index is 0.0513. The maximum Gasteiger partial charge on any atom is 0.342 e. The van der Waals surface area contributed by atoms with Gasteiger partial charge < -0.3 is 38.3 Å². The second kappa shape index (κ2) is 15.4. The van der Waals surface area contributed by atoms with Crippen molar-refractivity contribution in [1.82, 2.24) is 0 Å². The minimum Gasteiger partial charge on any atom is -0.497 e. The molecule has 9 heteroatoms. The number of carbonyl (C=O) groups is 1. The number of cyclic esters (lactones) is 1. The molecular weight excluding hydrogens is 564 g/mol. The molecule has 2 heterocycles. The van der Waals surface area contributed by atoms with Crippen molar-refractivity contribution in [3.63, 3.8) is 0 Å². The Balaban J connectivity index is 1.67. The van der Waals surface area contributed by atoms with Crippen molar-refractivity contribution < 1.29 is 43.1 Å². The molecule has 1 saturated heterocycles. The van der Waals surface area contributed by atoms with Gasteiger partial charge in [-0.3, -0.25) is 0 Å². The summed E-state index contributed by atoms with van der Waals surface area (Å²) in [6.45, 7) is 7.89. The number of methoxy groups -OCH3 is 2. The largest absolute Gasteiger partial charge is 0.497 e. The molecule has 4 rings (SSSR count). The Morgan fingerprint density at radius 3 is 2.55 bits per heavy atom. The Morgan fingerprint density at radius 1 is 1.05 bits per heavy atom. The van der Waals surface area contributed by atoms with Gasteiger partial charge in [-0.05, 0) is 57.0 Å². The monoisotopic (exact) mass is 606 g/mol. The SMILES string of the molecule is COCOc1ccc(C#CCOCc2ccc(OC)cc2)c2c1C(=O)O[C@@H](C)[C@H](C)/C=C\C(O)[C@H]1OC(C)(C)O[C@H]1CC=C2. The van der Waals surface area contributed by atoms with Gasteiger partial charge in [-0.15, -0.1) is 0 Å². The smallest absolute Gasteiger partial charge is 0.342 e. The third-order valence-corrected chi connectivity index (χ3v) is 7.42. The molecule has 2 aromatic carbocycles. The van der Waals surface area contributed by atoms with Crippen LogP contribution in [0.5, 0.6) is 11.5 Å². The molecule has 0 saturated carbocycles. The van der Waals surface area contributed by atoms with E-state index in [1.165, 1.54) is 7.11 Å². The van der Waals surface area contributed by atoms with Crippen LogP contribution in [-0.2, 0) is 30.3 Å². The summed E-state index contributed by atoms with van der Waals surface area (Å²) < 4.78 is 40.0. The van der Waals surface area contributed by atoms with E-state index < -0.39 is 36.2 Å². The maximum absolute atomic E-state index is 13.7. The molecule has 236 valence electrons. The number of benzene rings is 2. The molecule has 0 bridgehead atoms. The van der Waals surface area contributed by atoms with E-state index in [4.69, 9.17) is 33.2 Å². The molecule has 0 aromatic heterocycles. The highest BCUT2D eigenvalue weighted by molar-refractivity contribution is 5.98. The third kappa shape index (κ3) is 8.72. The van der Waals surface area contributed by atoms with Crippen molar-refractivity contribution in [2.75, 3.05) is 27.6 Å². The molecule has 1 unspecified atom stereocenters. The van der Waals surface area contributed by atoms with Gasteiger partial charge in [0.2, 0.25) is 0 Å². The third-order valence-electron chi connectivity index (χ3n) is 7.42. The van der Waals surface area contributed by atoms with E-state index in [9.17, 15) is 9.90 Å². The lowest BCUT2D eigenvalue weighted by molar-refractivity contribution is -0.152. The highest BCUT2D eigenvalue weighted by Gasteiger charge is 2.43. The molecule has 0 radical (unpaired) electrons. The molecular formula is C35H42O9. The second-order valence-corrected chi connectivity index (χ2v) is 11.2. The topological polar surface area (TPSA) is 102 Å². The zero-order valence-electron chi connectivity index (χ0n) is 26.2. The van der Waals surface area contributed by atoms with Gasteiger partial charge in [0.15, 0.2) is 12.6 Å². The quantitative estimate of drug-likeness (QED) is 0.148. The molecule has 2 aliphatic heterocycles. The Bertz CT molecular complexity index is 1380. The Hall–Kier alpha value is -3.65. The molecule has 2 aromatic rings. The van der Waals surface area contributed by atoms with E-state index in [0.717, 1.165) is 11.3 Å². The van der Waals surface area contributed by atoms with Crippen molar-refractivity contribution in [3.05, 3.63) is 76.9 Å². The summed E-state index contributed by atoms with van der Waals surface area (Å²) in [6, 6.07) is 11.1. The van der Waals surface area contributed by atoms with Gasteiger partial charge in [-0.25, -0.2) is 4.79 Å². The standard InChI is InChI=1S/C35H42O9/c1-23-12-18-29(36)33-31(43-35(3,4)44-33)11-7-10-28-26(9-8-20-40-21-25-13-16-27(39-6)17-14-25)15-19-30(41-22-38-5)32(28)34(37)42-24(23)2/h7,10,12-19,23-24,29,31,33,36H,11,20-22H2,1-6H3/b10-7?,18-12-/t23-,24+,29?,31+,33-/m1/s1. The predicted molar refractivity (Wildman–Crippen MR) is 165 cm³/mol. The molecule has 0 amide bonds. The number of aliphatic hydroxyl groups is 1. The van der Waals surface area contributed by atoms with Crippen molar-refractivity contribution in [2.24, 2.45) is 5.92 Å². The van der Waals surface area contributed by atoms with Gasteiger partial charge in [0.05, 0.1) is 19.8 Å². The van der Waals surface area contributed by atoms with Gasteiger partial charge in [0.1, 0.15) is 42.0 Å². The van der Waals surface area contributed by atoms with Gasteiger partial charge in [0, 0.05) is 24.2 Å². The van der Waals surface area contributed by atoms with Crippen molar-refractivity contribution in [3.8, 4) is 23.3 Å². The Labute approximate surface area is 259 Å². The van der Waals surface area contributed by atoms with Crippen LogP contribution >= 0.6 is 0 Å². The Kier molecular flexibility index (Phi) is 11.6. The molecule has 44 heavy (non-hydrogen) atoms. The van der Waals surface area contributed by atoms with E-state index in [1.54, 1.807) is 32.2 Å². The normalized spacial score (nSPS) is 25.4. The van der Waals surface area contributed by atoms with Crippen LogP contribution in [-0.4, -0.2) is 68.9 Å². The van der Waals surface area contributed by atoms with Gasteiger partial charge in [-0.2, -0.15) is 0 Å². The first kappa shape index (κ1) is 33.2. The fourth-order valence-electron chi connectivity index (χ4n) is 4.95. The summed E-state index contributed by atoms with van der Waals surface area (Å²) in [7, 11) is 3.13. The Morgan fingerprint density at radius 2 is 1.82 bits per heavy atom. The fraction of sp³-hybridized carbons (Fsp3) is 0.457. The first-order valence-corrected chi connectivity index (χ1v) is 14.7. The summed E-state index contributed by atoms with van der Waals surface area (Å²) in [5.41, 5.74) is 2.37. The van der Waals surface area contributed by atoms with Crippen molar-refractivity contribution >= 4 is 12.0 Å². The van der Waals surface area contributed by atoms with Crippen molar-refractivity contribution in [2.45, 2.75) is 70.9 Å². The lowest BCUT2D eigenvalue weighted by Gasteiger charge is -2.23. The summed E-state index contributed by atoms with van der Waals surface area (Å²) in [6.07, 6.45) is 5.23. The molecule has 1 N–H and O–H groups in total. The predicted octanol–water partition coefficient (Wildman–Crippen LogP) is 5.28. The molecule has 9 nitrogen and oxygen atoms in total. The number of aliphatic hydroxyl groups excluding tert-OH is 1. The minimum atomic E-state index is -0.899. The van der Waals surface area contributed by atoms with Crippen LogP contribution in [0.25, 0.3) is 6.08 Å². The van der Waals surface area contributed by atoms with Crippen LogP contribution in [0.3, 0.4) is 0 Å². The molecule has 0 aliphatic carbocycles. The van der Waals surface area contributed by atoms with E-state index in [2.05, 4.69) is 11.8 Å². The fourth-order valence-corrected chi connectivity index (χ4v) is 4.95.